The molecule has 3 N–H and O–H groups in total. The molecule has 6 heteroatoms. The summed E-state index contributed by atoms with van der Waals surface area (Å²) in [6.45, 7) is 2.83. The van der Waals surface area contributed by atoms with Gasteiger partial charge in [-0.15, -0.1) is 0 Å². The maximum absolute atomic E-state index is 12.1. The summed E-state index contributed by atoms with van der Waals surface area (Å²) in [7, 11) is 3.33. The first-order valence-electron chi connectivity index (χ1n) is 6.53. The van der Waals surface area contributed by atoms with Crippen LogP contribution in [0.15, 0.2) is 24.3 Å². The molecule has 0 aromatic heterocycles. The minimum Gasteiger partial charge on any atom is -0.347 e. The first kappa shape index (κ1) is 16.0. The molecule has 0 saturated heterocycles. The van der Waals surface area contributed by atoms with Gasteiger partial charge in [-0.3, -0.25) is 4.79 Å². The Morgan fingerprint density at radius 1 is 1.20 bits per heavy atom. The molecular formula is C14H22N4O2. The van der Waals surface area contributed by atoms with E-state index in [9.17, 15) is 9.59 Å². The lowest BCUT2D eigenvalue weighted by Gasteiger charge is -2.22. The van der Waals surface area contributed by atoms with E-state index in [1.54, 1.807) is 26.2 Å². The number of carbonyl (C=O) groups is 2. The summed E-state index contributed by atoms with van der Waals surface area (Å²) in [5.41, 5.74) is 7.20. The van der Waals surface area contributed by atoms with Gasteiger partial charge < -0.3 is 20.9 Å². The van der Waals surface area contributed by atoms with Gasteiger partial charge in [0.1, 0.15) is 6.54 Å². The van der Waals surface area contributed by atoms with Gasteiger partial charge in [0.2, 0.25) is 5.91 Å². The van der Waals surface area contributed by atoms with Crippen LogP contribution in [0.1, 0.15) is 12.5 Å². The average molecular weight is 278 g/mol. The zero-order valence-electron chi connectivity index (χ0n) is 12.2. The first-order valence-corrected chi connectivity index (χ1v) is 6.53. The summed E-state index contributed by atoms with van der Waals surface area (Å²) in [6, 6.07) is 7.01. The fourth-order valence-corrected chi connectivity index (χ4v) is 1.56. The molecular weight excluding hydrogens is 256 g/mol. The minimum absolute atomic E-state index is 0.0657. The summed E-state index contributed by atoms with van der Waals surface area (Å²) >= 11 is 0. The van der Waals surface area contributed by atoms with Gasteiger partial charge in [0, 0.05) is 32.9 Å². The molecule has 0 aliphatic heterocycles. The Morgan fingerprint density at radius 2 is 1.80 bits per heavy atom. The Hall–Kier alpha value is -2.08. The molecule has 110 valence electrons. The monoisotopic (exact) mass is 278 g/mol. The third-order valence-electron chi connectivity index (χ3n) is 2.93. The van der Waals surface area contributed by atoms with Crippen LogP contribution in [0, 0.1) is 0 Å². The van der Waals surface area contributed by atoms with Gasteiger partial charge in [-0.25, -0.2) is 4.79 Å². The number of anilines is 1. The van der Waals surface area contributed by atoms with Gasteiger partial charge in [0.25, 0.3) is 0 Å². The van der Waals surface area contributed by atoms with Gasteiger partial charge >= 0.3 is 6.03 Å². The maximum atomic E-state index is 12.1. The third kappa shape index (κ3) is 4.55. The van der Waals surface area contributed by atoms with Crippen molar-refractivity contribution in [3.63, 3.8) is 0 Å². The molecule has 3 amide bonds. The summed E-state index contributed by atoms with van der Waals surface area (Å²) in [6.07, 6.45) is 0. The Bertz CT molecular complexity index is 457. The molecule has 20 heavy (non-hydrogen) atoms. The van der Waals surface area contributed by atoms with E-state index in [1.807, 2.05) is 19.1 Å². The fourth-order valence-electron chi connectivity index (χ4n) is 1.56. The van der Waals surface area contributed by atoms with Crippen molar-refractivity contribution < 1.29 is 9.59 Å². The molecule has 0 spiro atoms. The molecule has 1 aromatic rings. The van der Waals surface area contributed by atoms with Crippen molar-refractivity contribution in [2.24, 2.45) is 5.73 Å². The van der Waals surface area contributed by atoms with E-state index in [2.05, 4.69) is 5.32 Å². The number of benzene rings is 1. The molecule has 0 fully saturated rings. The van der Waals surface area contributed by atoms with Crippen LogP contribution in [0.25, 0.3) is 0 Å². The number of amides is 3. The standard InChI is InChI=1S/C14H22N4O2/c1-4-18(10-13(19)17(2)3)14(20)16-12-7-5-11(9-15)6-8-12/h5-8H,4,9-10,15H2,1-3H3,(H,16,20). The van der Waals surface area contributed by atoms with Crippen LogP contribution in [0.5, 0.6) is 0 Å². The lowest BCUT2D eigenvalue weighted by molar-refractivity contribution is -0.129. The molecule has 1 rings (SSSR count). The van der Waals surface area contributed by atoms with Crippen molar-refractivity contribution in [2.45, 2.75) is 13.5 Å². The molecule has 1 aromatic carbocycles. The molecule has 0 aliphatic carbocycles. The second-order valence-corrected chi connectivity index (χ2v) is 4.63. The van der Waals surface area contributed by atoms with Crippen LogP contribution in [-0.2, 0) is 11.3 Å². The summed E-state index contributed by atoms with van der Waals surface area (Å²) in [5.74, 6) is -0.111. The second-order valence-electron chi connectivity index (χ2n) is 4.63. The summed E-state index contributed by atoms with van der Waals surface area (Å²) < 4.78 is 0. The summed E-state index contributed by atoms with van der Waals surface area (Å²) in [4.78, 5) is 26.6. The molecule has 0 radical (unpaired) electrons. The van der Waals surface area contributed by atoms with Gasteiger partial charge in [-0.2, -0.15) is 0 Å². The first-order chi connectivity index (χ1) is 9.47. The molecule has 0 unspecified atom stereocenters. The summed E-state index contributed by atoms with van der Waals surface area (Å²) in [5, 5.41) is 2.76. The predicted octanol–water partition coefficient (Wildman–Crippen LogP) is 1.09. The Morgan fingerprint density at radius 3 is 2.25 bits per heavy atom. The normalized spacial score (nSPS) is 10.0. The average Bonchev–Trinajstić information content (AvgIpc) is 2.44. The topological polar surface area (TPSA) is 78.7 Å². The van der Waals surface area contributed by atoms with Gasteiger partial charge in [-0.05, 0) is 24.6 Å². The van der Waals surface area contributed by atoms with Crippen LogP contribution < -0.4 is 11.1 Å². The Balaban J connectivity index is 2.64. The highest BCUT2D eigenvalue weighted by molar-refractivity contribution is 5.92. The molecule has 0 heterocycles. The molecule has 0 atom stereocenters. The fraction of sp³-hybridized carbons (Fsp3) is 0.429. The number of carbonyl (C=O) groups excluding carboxylic acids is 2. The smallest absolute Gasteiger partial charge is 0.322 e. The molecule has 0 aliphatic rings. The number of hydrogen-bond acceptors (Lipinski definition) is 3. The van der Waals surface area contributed by atoms with E-state index in [1.165, 1.54) is 9.80 Å². The zero-order chi connectivity index (χ0) is 15.1. The maximum Gasteiger partial charge on any atom is 0.322 e. The quantitative estimate of drug-likeness (QED) is 0.846. The van der Waals surface area contributed by atoms with Gasteiger partial charge in [0.05, 0.1) is 0 Å². The Kier molecular flexibility index (Phi) is 5.99. The van der Waals surface area contributed by atoms with Crippen LogP contribution in [-0.4, -0.2) is 48.9 Å². The van der Waals surface area contributed by atoms with Crippen molar-refractivity contribution in [1.29, 1.82) is 0 Å². The van der Waals surface area contributed by atoms with Gasteiger partial charge in [0.15, 0.2) is 0 Å². The predicted molar refractivity (Wildman–Crippen MR) is 79.3 cm³/mol. The van der Waals surface area contributed by atoms with E-state index >= 15 is 0 Å². The highest BCUT2D eigenvalue weighted by Crippen LogP contribution is 2.10. The molecule has 0 saturated carbocycles. The number of rotatable bonds is 5. The number of urea groups is 1. The lowest BCUT2D eigenvalue weighted by atomic mass is 10.2. The number of nitrogens with one attached hydrogen (secondary N) is 1. The number of likely N-dealkylation sites (N-methyl/N-ethyl adjacent to an activating group) is 2. The van der Waals surface area contributed by atoms with Crippen molar-refractivity contribution in [3.8, 4) is 0 Å². The second kappa shape index (κ2) is 7.49. The number of hydrogen-bond donors (Lipinski definition) is 2. The lowest BCUT2D eigenvalue weighted by Crippen LogP contribution is -2.42. The van der Waals surface area contributed by atoms with Crippen LogP contribution in [0.4, 0.5) is 10.5 Å². The molecule has 0 bridgehead atoms. The van der Waals surface area contributed by atoms with E-state index < -0.39 is 0 Å². The highest BCUT2D eigenvalue weighted by atomic mass is 16.2. The zero-order valence-corrected chi connectivity index (χ0v) is 12.2. The van der Waals surface area contributed by atoms with E-state index in [-0.39, 0.29) is 18.5 Å². The third-order valence-corrected chi connectivity index (χ3v) is 2.93. The van der Waals surface area contributed by atoms with Crippen molar-refractivity contribution in [3.05, 3.63) is 29.8 Å². The van der Waals surface area contributed by atoms with Crippen LogP contribution >= 0.6 is 0 Å². The van der Waals surface area contributed by atoms with Gasteiger partial charge in [-0.1, -0.05) is 12.1 Å². The Labute approximate surface area is 119 Å². The molecule has 6 nitrogen and oxygen atoms in total. The number of nitrogens with zero attached hydrogens (tertiary/aromatic N) is 2. The van der Waals surface area contributed by atoms with Crippen LogP contribution in [0.3, 0.4) is 0 Å². The van der Waals surface area contributed by atoms with Crippen LogP contribution in [0.2, 0.25) is 0 Å². The van der Waals surface area contributed by atoms with E-state index in [0.29, 0.717) is 18.8 Å². The highest BCUT2D eigenvalue weighted by Gasteiger charge is 2.16. The van der Waals surface area contributed by atoms with Crippen molar-refractivity contribution in [1.82, 2.24) is 9.80 Å². The number of nitrogens with two attached hydrogens (primary N) is 1. The largest absolute Gasteiger partial charge is 0.347 e. The minimum atomic E-state index is -0.289. The van der Waals surface area contributed by atoms with Crippen molar-refractivity contribution in [2.75, 3.05) is 32.5 Å². The van der Waals surface area contributed by atoms with Crippen molar-refractivity contribution >= 4 is 17.6 Å². The van der Waals surface area contributed by atoms with E-state index in [4.69, 9.17) is 5.73 Å². The van der Waals surface area contributed by atoms with E-state index in [0.717, 1.165) is 5.56 Å². The SMILES string of the molecule is CCN(CC(=O)N(C)C)C(=O)Nc1ccc(CN)cc1.